The molecule has 1 aromatic heterocycles. The summed E-state index contributed by atoms with van der Waals surface area (Å²) in [5.41, 5.74) is 11.4. The van der Waals surface area contributed by atoms with Crippen molar-refractivity contribution in [3.05, 3.63) is 17.8 Å². The minimum atomic E-state index is -0.544. The molecule has 0 aromatic carbocycles. The maximum Gasteiger partial charge on any atom is 0.250 e. The van der Waals surface area contributed by atoms with Gasteiger partial charge in [0, 0.05) is 13.2 Å². The normalized spacial score (nSPS) is 18.8. The fraction of sp³-hybridized carbons (Fsp3) is 0.500. The first-order valence-electron chi connectivity index (χ1n) is 6.07. The highest BCUT2D eigenvalue weighted by atomic mass is 16.5. The molecule has 1 amide bonds. The molecule has 6 heteroatoms. The number of carbonyl (C=O) groups is 1. The monoisotopic (exact) mass is 250 g/mol. The van der Waals surface area contributed by atoms with E-state index in [9.17, 15) is 4.79 Å². The summed E-state index contributed by atoms with van der Waals surface area (Å²) in [5, 5.41) is 3.14. The molecule has 0 bridgehead atoms. The van der Waals surface area contributed by atoms with Crippen molar-refractivity contribution in [3.63, 3.8) is 0 Å². The summed E-state index contributed by atoms with van der Waals surface area (Å²) >= 11 is 0. The molecule has 18 heavy (non-hydrogen) atoms. The van der Waals surface area contributed by atoms with Crippen molar-refractivity contribution in [1.29, 1.82) is 0 Å². The average molecular weight is 250 g/mol. The standard InChI is InChI=1S/C12H18N4O2/c13-10-7-16-11(6-9(10)12(14)17)15-4-3-8-2-1-5-18-8/h6-8H,1-5,13H2,(H2,14,17)(H,15,16). The molecule has 5 N–H and O–H groups in total. The van der Waals surface area contributed by atoms with Gasteiger partial charge in [0.2, 0.25) is 0 Å². The Kier molecular flexibility index (Phi) is 3.99. The fourth-order valence-corrected chi connectivity index (χ4v) is 2.01. The van der Waals surface area contributed by atoms with E-state index < -0.39 is 5.91 Å². The minimum absolute atomic E-state index is 0.296. The summed E-state index contributed by atoms with van der Waals surface area (Å²) < 4.78 is 5.52. The maximum atomic E-state index is 11.1. The first kappa shape index (κ1) is 12.6. The van der Waals surface area contributed by atoms with Crippen LogP contribution in [0.2, 0.25) is 0 Å². The fourth-order valence-electron chi connectivity index (χ4n) is 2.01. The second-order valence-corrected chi connectivity index (χ2v) is 4.37. The van der Waals surface area contributed by atoms with E-state index in [0.29, 0.717) is 23.2 Å². The number of nitrogens with one attached hydrogen (secondary N) is 1. The lowest BCUT2D eigenvalue weighted by molar-refractivity contribution is 0.100. The van der Waals surface area contributed by atoms with Crippen molar-refractivity contribution < 1.29 is 9.53 Å². The van der Waals surface area contributed by atoms with Crippen LogP contribution in [0.25, 0.3) is 0 Å². The van der Waals surface area contributed by atoms with Crippen LogP contribution < -0.4 is 16.8 Å². The molecule has 0 radical (unpaired) electrons. The lowest BCUT2D eigenvalue weighted by Crippen LogP contribution is -2.16. The lowest BCUT2D eigenvalue weighted by Gasteiger charge is -2.11. The van der Waals surface area contributed by atoms with Crippen LogP contribution in [0.15, 0.2) is 12.3 Å². The third kappa shape index (κ3) is 3.10. The molecule has 2 heterocycles. The number of carbonyl (C=O) groups excluding carboxylic acids is 1. The van der Waals surface area contributed by atoms with Gasteiger partial charge in [-0.2, -0.15) is 0 Å². The molecule has 2 rings (SSSR count). The van der Waals surface area contributed by atoms with Crippen molar-refractivity contribution in [1.82, 2.24) is 4.98 Å². The van der Waals surface area contributed by atoms with Crippen LogP contribution in [-0.4, -0.2) is 30.1 Å². The van der Waals surface area contributed by atoms with E-state index in [1.54, 1.807) is 6.07 Å². The predicted molar refractivity (Wildman–Crippen MR) is 69.2 cm³/mol. The molecule has 1 aliphatic rings. The number of aromatic nitrogens is 1. The number of hydrogen-bond donors (Lipinski definition) is 3. The third-order valence-electron chi connectivity index (χ3n) is 3.00. The second-order valence-electron chi connectivity index (χ2n) is 4.37. The van der Waals surface area contributed by atoms with Crippen LogP contribution in [0, 0.1) is 0 Å². The first-order valence-corrected chi connectivity index (χ1v) is 6.07. The largest absolute Gasteiger partial charge is 0.397 e. The molecule has 1 aliphatic heterocycles. The summed E-state index contributed by atoms with van der Waals surface area (Å²) in [5.74, 6) is 0.0630. The Labute approximate surface area is 106 Å². The molecule has 98 valence electrons. The number of nitrogens with two attached hydrogens (primary N) is 2. The summed E-state index contributed by atoms with van der Waals surface area (Å²) in [4.78, 5) is 15.2. The van der Waals surface area contributed by atoms with Gasteiger partial charge in [0.1, 0.15) is 5.82 Å². The topological polar surface area (TPSA) is 103 Å². The van der Waals surface area contributed by atoms with Gasteiger partial charge < -0.3 is 21.5 Å². The summed E-state index contributed by atoms with van der Waals surface area (Å²) in [6, 6.07) is 1.58. The van der Waals surface area contributed by atoms with Gasteiger partial charge in [0.25, 0.3) is 5.91 Å². The number of nitrogen functional groups attached to an aromatic ring is 1. The molecule has 0 spiro atoms. The molecule has 0 saturated carbocycles. The summed E-state index contributed by atoms with van der Waals surface area (Å²) in [7, 11) is 0. The highest BCUT2D eigenvalue weighted by Gasteiger charge is 2.15. The first-order chi connectivity index (χ1) is 8.66. The molecular weight excluding hydrogens is 232 g/mol. The molecular formula is C12H18N4O2. The Morgan fingerprint density at radius 2 is 2.44 bits per heavy atom. The number of hydrogen-bond acceptors (Lipinski definition) is 5. The number of rotatable bonds is 5. The van der Waals surface area contributed by atoms with Crippen LogP contribution in [-0.2, 0) is 4.74 Å². The SMILES string of the molecule is NC(=O)c1cc(NCCC2CCCO2)ncc1N. The average Bonchev–Trinajstić information content (AvgIpc) is 2.84. The van der Waals surface area contributed by atoms with Crippen molar-refractivity contribution in [2.24, 2.45) is 5.73 Å². The van der Waals surface area contributed by atoms with E-state index >= 15 is 0 Å². The number of amides is 1. The van der Waals surface area contributed by atoms with Gasteiger partial charge in [0.05, 0.1) is 23.6 Å². The molecule has 1 atom stereocenters. The van der Waals surface area contributed by atoms with Crippen molar-refractivity contribution in [2.45, 2.75) is 25.4 Å². The van der Waals surface area contributed by atoms with Crippen LogP contribution >= 0.6 is 0 Å². The van der Waals surface area contributed by atoms with Gasteiger partial charge in [-0.3, -0.25) is 4.79 Å². The van der Waals surface area contributed by atoms with E-state index in [1.165, 1.54) is 6.20 Å². The Hall–Kier alpha value is -1.82. The van der Waals surface area contributed by atoms with Gasteiger partial charge in [-0.1, -0.05) is 0 Å². The second kappa shape index (κ2) is 5.68. The van der Waals surface area contributed by atoms with Gasteiger partial charge in [-0.25, -0.2) is 4.98 Å². The van der Waals surface area contributed by atoms with Crippen molar-refractivity contribution in [2.75, 3.05) is 24.2 Å². The Balaban J connectivity index is 1.88. The number of anilines is 2. The summed E-state index contributed by atoms with van der Waals surface area (Å²) in [6.07, 6.45) is 4.95. The van der Waals surface area contributed by atoms with Crippen LogP contribution in [0.3, 0.4) is 0 Å². The highest BCUT2D eigenvalue weighted by Crippen LogP contribution is 2.17. The lowest BCUT2D eigenvalue weighted by atomic mass is 10.2. The zero-order valence-electron chi connectivity index (χ0n) is 10.2. The van der Waals surface area contributed by atoms with Gasteiger partial charge in [-0.15, -0.1) is 0 Å². The third-order valence-corrected chi connectivity index (χ3v) is 3.00. The molecule has 1 saturated heterocycles. The highest BCUT2D eigenvalue weighted by molar-refractivity contribution is 5.98. The molecule has 6 nitrogen and oxygen atoms in total. The zero-order chi connectivity index (χ0) is 13.0. The van der Waals surface area contributed by atoms with E-state index in [1.807, 2.05) is 0 Å². The van der Waals surface area contributed by atoms with Crippen LogP contribution in [0.4, 0.5) is 11.5 Å². The van der Waals surface area contributed by atoms with Crippen molar-refractivity contribution >= 4 is 17.4 Å². The number of nitrogens with zero attached hydrogens (tertiary/aromatic N) is 1. The Morgan fingerprint density at radius 1 is 1.61 bits per heavy atom. The van der Waals surface area contributed by atoms with Crippen molar-refractivity contribution in [3.8, 4) is 0 Å². The quantitative estimate of drug-likeness (QED) is 0.715. The van der Waals surface area contributed by atoms with E-state index in [0.717, 1.165) is 32.4 Å². The Bertz CT molecular complexity index is 430. The molecule has 1 aromatic rings. The van der Waals surface area contributed by atoms with E-state index in [2.05, 4.69) is 10.3 Å². The number of ether oxygens (including phenoxy) is 1. The molecule has 1 unspecified atom stereocenters. The van der Waals surface area contributed by atoms with Crippen LogP contribution in [0.1, 0.15) is 29.6 Å². The smallest absolute Gasteiger partial charge is 0.250 e. The van der Waals surface area contributed by atoms with Crippen LogP contribution in [0.5, 0.6) is 0 Å². The van der Waals surface area contributed by atoms with E-state index in [4.69, 9.17) is 16.2 Å². The minimum Gasteiger partial charge on any atom is -0.397 e. The predicted octanol–water partition coefficient (Wildman–Crippen LogP) is 0.744. The van der Waals surface area contributed by atoms with Gasteiger partial charge in [0.15, 0.2) is 0 Å². The molecule has 1 fully saturated rings. The maximum absolute atomic E-state index is 11.1. The zero-order valence-corrected chi connectivity index (χ0v) is 10.2. The summed E-state index contributed by atoms with van der Waals surface area (Å²) in [6.45, 7) is 1.61. The Morgan fingerprint density at radius 3 is 3.11 bits per heavy atom. The molecule has 0 aliphatic carbocycles. The van der Waals surface area contributed by atoms with Gasteiger partial charge in [-0.05, 0) is 25.3 Å². The number of primary amides is 1. The van der Waals surface area contributed by atoms with E-state index in [-0.39, 0.29) is 0 Å². The van der Waals surface area contributed by atoms with Gasteiger partial charge >= 0.3 is 0 Å². The number of pyridine rings is 1.